The van der Waals surface area contributed by atoms with E-state index < -0.39 is 0 Å². The van der Waals surface area contributed by atoms with Crippen LogP contribution < -0.4 is 4.90 Å². The first-order valence-electron chi connectivity index (χ1n) is 7.40. The zero-order valence-corrected chi connectivity index (χ0v) is 15.0. The van der Waals surface area contributed by atoms with Crippen LogP contribution in [0.1, 0.15) is 17.0 Å². The number of rotatable bonds is 4. The number of anilines is 1. The van der Waals surface area contributed by atoms with E-state index in [9.17, 15) is 0 Å². The highest BCUT2D eigenvalue weighted by molar-refractivity contribution is 9.10. The van der Waals surface area contributed by atoms with Crippen LogP contribution in [-0.2, 0) is 6.54 Å². The largest absolute Gasteiger partial charge is 0.419 e. The molecule has 0 radical (unpaired) electrons. The summed E-state index contributed by atoms with van der Waals surface area (Å²) in [6.45, 7) is 4.82. The minimum Gasteiger partial charge on any atom is -0.419 e. The molecule has 0 unspecified atom stereocenters. The van der Waals surface area contributed by atoms with Gasteiger partial charge in [0.15, 0.2) is 0 Å². The van der Waals surface area contributed by atoms with Gasteiger partial charge in [-0.25, -0.2) is 0 Å². The van der Waals surface area contributed by atoms with Gasteiger partial charge in [-0.15, -0.1) is 10.2 Å². The van der Waals surface area contributed by atoms with Crippen molar-refractivity contribution in [2.75, 3.05) is 11.9 Å². The van der Waals surface area contributed by atoms with Crippen LogP contribution in [0.3, 0.4) is 0 Å². The molecule has 0 aliphatic heterocycles. The average molecular weight is 372 g/mol. The summed E-state index contributed by atoms with van der Waals surface area (Å²) < 4.78 is 6.79. The van der Waals surface area contributed by atoms with Crippen LogP contribution in [0.15, 0.2) is 51.4 Å². The molecule has 118 valence electrons. The Morgan fingerprint density at radius 3 is 2.65 bits per heavy atom. The zero-order valence-electron chi connectivity index (χ0n) is 13.4. The summed E-state index contributed by atoms with van der Waals surface area (Å²) in [6.07, 6.45) is 0. The fraction of sp³-hybridized carbons (Fsp3) is 0.222. The normalized spacial score (nSPS) is 10.8. The van der Waals surface area contributed by atoms with Gasteiger partial charge in [0.1, 0.15) is 0 Å². The third-order valence-corrected chi connectivity index (χ3v) is 4.39. The van der Waals surface area contributed by atoms with Crippen LogP contribution in [0.5, 0.6) is 0 Å². The first-order valence-corrected chi connectivity index (χ1v) is 8.19. The Kier molecular flexibility index (Phi) is 4.48. The van der Waals surface area contributed by atoms with Crippen molar-refractivity contribution in [3.8, 4) is 11.5 Å². The van der Waals surface area contributed by atoms with E-state index >= 15 is 0 Å². The maximum Gasteiger partial charge on any atom is 0.247 e. The Hall–Kier alpha value is -2.14. The van der Waals surface area contributed by atoms with E-state index in [1.165, 1.54) is 16.8 Å². The lowest BCUT2D eigenvalue weighted by Gasteiger charge is -2.20. The molecule has 1 aromatic heterocycles. The Labute approximate surface area is 144 Å². The average Bonchev–Trinajstić information content (AvgIpc) is 2.98. The van der Waals surface area contributed by atoms with Crippen LogP contribution in [0.25, 0.3) is 11.5 Å². The van der Waals surface area contributed by atoms with Gasteiger partial charge >= 0.3 is 0 Å². The van der Waals surface area contributed by atoms with Crippen LogP contribution in [-0.4, -0.2) is 17.2 Å². The van der Waals surface area contributed by atoms with Gasteiger partial charge in [0, 0.05) is 22.8 Å². The standard InChI is InChI=1S/C18H18BrN3O/c1-12-6-4-9-16(13(12)2)22(3)11-17-20-21-18(23-17)14-7-5-8-15(19)10-14/h4-10H,11H2,1-3H3. The molecule has 0 aliphatic rings. The Morgan fingerprint density at radius 1 is 1.09 bits per heavy atom. The molecule has 3 aromatic rings. The van der Waals surface area contributed by atoms with Gasteiger partial charge in [-0.3, -0.25) is 0 Å². The third kappa shape index (κ3) is 3.45. The minimum absolute atomic E-state index is 0.538. The van der Waals surface area contributed by atoms with Gasteiger partial charge in [-0.05, 0) is 49.2 Å². The monoisotopic (exact) mass is 371 g/mol. The lowest BCUT2D eigenvalue weighted by atomic mass is 10.1. The van der Waals surface area contributed by atoms with Gasteiger partial charge in [0.25, 0.3) is 0 Å². The number of halogens is 1. The van der Waals surface area contributed by atoms with E-state index in [-0.39, 0.29) is 0 Å². The van der Waals surface area contributed by atoms with Crippen LogP contribution >= 0.6 is 15.9 Å². The molecule has 0 N–H and O–H groups in total. The number of hydrogen-bond donors (Lipinski definition) is 0. The Bertz CT molecular complexity index is 829. The molecule has 0 atom stereocenters. The van der Waals surface area contributed by atoms with E-state index in [4.69, 9.17) is 4.42 Å². The van der Waals surface area contributed by atoms with Gasteiger partial charge in [0.2, 0.25) is 11.8 Å². The second-order valence-corrected chi connectivity index (χ2v) is 6.50. The number of hydrogen-bond acceptors (Lipinski definition) is 4. The van der Waals surface area contributed by atoms with Gasteiger partial charge < -0.3 is 9.32 Å². The molecule has 3 rings (SSSR count). The van der Waals surface area contributed by atoms with E-state index in [1.54, 1.807) is 0 Å². The smallest absolute Gasteiger partial charge is 0.247 e. The van der Waals surface area contributed by atoms with Crippen LogP contribution in [0, 0.1) is 13.8 Å². The van der Waals surface area contributed by atoms with Crippen LogP contribution in [0.2, 0.25) is 0 Å². The van der Waals surface area contributed by atoms with Crippen molar-refractivity contribution < 1.29 is 4.42 Å². The second-order valence-electron chi connectivity index (χ2n) is 5.59. The number of aryl methyl sites for hydroxylation is 1. The Morgan fingerprint density at radius 2 is 1.87 bits per heavy atom. The third-order valence-electron chi connectivity index (χ3n) is 3.90. The molecule has 0 aliphatic carbocycles. The first kappa shape index (κ1) is 15.7. The molecular weight excluding hydrogens is 354 g/mol. The summed E-state index contributed by atoms with van der Waals surface area (Å²) in [6, 6.07) is 14.1. The maximum atomic E-state index is 5.80. The first-order chi connectivity index (χ1) is 11.0. The quantitative estimate of drug-likeness (QED) is 0.663. The lowest BCUT2D eigenvalue weighted by Crippen LogP contribution is -2.18. The van der Waals surface area contributed by atoms with Crippen molar-refractivity contribution in [1.82, 2.24) is 10.2 Å². The maximum absolute atomic E-state index is 5.80. The molecule has 0 amide bonds. The molecule has 0 saturated carbocycles. The van der Waals surface area contributed by atoms with Crippen molar-refractivity contribution in [1.29, 1.82) is 0 Å². The molecule has 4 nitrogen and oxygen atoms in total. The van der Waals surface area contributed by atoms with E-state index in [2.05, 4.69) is 63.1 Å². The van der Waals surface area contributed by atoms with E-state index in [0.29, 0.717) is 18.3 Å². The molecule has 0 fully saturated rings. The van der Waals surface area contributed by atoms with Gasteiger partial charge in [-0.2, -0.15) is 0 Å². The SMILES string of the molecule is Cc1cccc(N(C)Cc2nnc(-c3cccc(Br)c3)o2)c1C. The van der Waals surface area contributed by atoms with Crippen molar-refractivity contribution >= 4 is 21.6 Å². The molecule has 23 heavy (non-hydrogen) atoms. The van der Waals surface area contributed by atoms with Crippen molar-refractivity contribution in [2.45, 2.75) is 20.4 Å². The second kappa shape index (κ2) is 6.54. The topological polar surface area (TPSA) is 42.2 Å². The predicted molar refractivity (Wildman–Crippen MR) is 95.5 cm³/mol. The summed E-state index contributed by atoms with van der Waals surface area (Å²) in [5.74, 6) is 1.14. The fourth-order valence-corrected chi connectivity index (χ4v) is 2.89. The van der Waals surface area contributed by atoms with Gasteiger partial charge in [0.05, 0.1) is 6.54 Å². The van der Waals surface area contributed by atoms with Crippen LogP contribution in [0.4, 0.5) is 5.69 Å². The predicted octanol–water partition coefficient (Wildman–Crippen LogP) is 4.75. The fourth-order valence-electron chi connectivity index (χ4n) is 2.49. The molecule has 0 bridgehead atoms. The highest BCUT2D eigenvalue weighted by Gasteiger charge is 2.13. The molecule has 0 spiro atoms. The van der Waals surface area contributed by atoms with E-state index in [1.807, 2.05) is 31.3 Å². The number of aromatic nitrogens is 2. The lowest BCUT2D eigenvalue weighted by molar-refractivity contribution is 0.503. The summed E-state index contributed by atoms with van der Waals surface area (Å²) in [5.41, 5.74) is 4.62. The molecule has 2 aromatic carbocycles. The molecule has 5 heteroatoms. The summed E-state index contributed by atoms with van der Waals surface area (Å²) >= 11 is 3.45. The zero-order chi connectivity index (χ0) is 16.4. The van der Waals surface area contributed by atoms with Crippen molar-refractivity contribution in [3.05, 3.63) is 64.0 Å². The number of benzene rings is 2. The van der Waals surface area contributed by atoms with Crippen molar-refractivity contribution in [2.24, 2.45) is 0 Å². The number of nitrogens with zero attached hydrogens (tertiary/aromatic N) is 3. The summed E-state index contributed by atoms with van der Waals surface area (Å²) in [7, 11) is 2.03. The van der Waals surface area contributed by atoms with E-state index in [0.717, 1.165) is 10.0 Å². The minimum atomic E-state index is 0.538. The highest BCUT2D eigenvalue weighted by Crippen LogP contribution is 2.25. The Balaban J connectivity index is 1.80. The summed E-state index contributed by atoms with van der Waals surface area (Å²) in [5, 5.41) is 8.32. The summed E-state index contributed by atoms with van der Waals surface area (Å²) in [4.78, 5) is 2.13. The van der Waals surface area contributed by atoms with Gasteiger partial charge in [-0.1, -0.05) is 34.1 Å². The molecule has 0 saturated heterocycles. The highest BCUT2D eigenvalue weighted by atomic mass is 79.9. The van der Waals surface area contributed by atoms with Crippen molar-refractivity contribution in [3.63, 3.8) is 0 Å². The molecule has 1 heterocycles. The molecular formula is C18H18BrN3O.